The zero-order chi connectivity index (χ0) is 19.0. The summed E-state index contributed by atoms with van der Waals surface area (Å²) < 4.78 is 28.1. The molecule has 0 aromatic heterocycles. The normalized spacial score (nSPS) is 16.2. The molecule has 0 saturated heterocycles. The van der Waals surface area contributed by atoms with E-state index in [1.165, 1.54) is 0 Å². The molecule has 6 heteroatoms. The molecule has 0 radical (unpaired) electrons. The number of rotatable bonds is 4. The summed E-state index contributed by atoms with van der Waals surface area (Å²) in [4.78, 5) is 6.52. The molecular formula is C19H29N3O2S. The molecule has 0 fully saturated rings. The monoisotopic (exact) mass is 363 g/mol. The van der Waals surface area contributed by atoms with Gasteiger partial charge in [0, 0.05) is 11.2 Å². The minimum atomic E-state index is -3.68. The maximum Gasteiger partial charge on any atom is 0.264 e. The minimum Gasteiger partial charge on any atom is -0.309 e. The number of aliphatic imine (C=N–C) groups is 1. The Balaban J connectivity index is 2.29. The second-order valence-corrected chi connectivity index (χ2v) is 10.2. The molecule has 5 nitrogen and oxygen atoms in total. The molecule has 1 heterocycles. The van der Waals surface area contributed by atoms with Crippen molar-refractivity contribution >= 4 is 16.0 Å². The Bertz CT molecular complexity index is 785. The lowest BCUT2D eigenvalue weighted by Crippen LogP contribution is -2.52. The molecule has 0 saturated carbocycles. The molecule has 0 bridgehead atoms. The first-order chi connectivity index (χ1) is 11.3. The summed E-state index contributed by atoms with van der Waals surface area (Å²) in [5.74, 6) is 0.347. The molecule has 0 amide bonds. The SMILES string of the molecule is C=C1CN=C(NS(=O)(=O)c2ccc(C)cc2)N1C(C)(C)CC(C)(C)C. The van der Waals surface area contributed by atoms with Crippen molar-refractivity contribution in [1.82, 2.24) is 9.62 Å². The summed E-state index contributed by atoms with van der Waals surface area (Å²) in [6, 6.07) is 6.77. The molecule has 0 atom stereocenters. The molecule has 1 N–H and O–H groups in total. The lowest BCUT2D eigenvalue weighted by molar-refractivity contribution is 0.175. The Morgan fingerprint density at radius 3 is 2.24 bits per heavy atom. The summed E-state index contributed by atoms with van der Waals surface area (Å²) in [5, 5.41) is 0. The van der Waals surface area contributed by atoms with Crippen LogP contribution in [0.5, 0.6) is 0 Å². The molecule has 1 aliphatic heterocycles. The van der Waals surface area contributed by atoms with E-state index in [1.54, 1.807) is 24.3 Å². The van der Waals surface area contributed by atoms with Gasteiger partial charge in [0.05, 0.1) is 11.4 Å². The number of guanidine groups is 1. The Labute approximate surface area is 151 Å². The first-order valence-electron chi connectivity index (χ1n) is 8.44. The van der Waals surface area contributed by atoms with Crippen LogP contribution in [0.4, 0.5) is 0 Å². The summed E-state index contributed by atoms with van der Waals surface area (Å²) >= 11 is 0. The highest BCUT2D eigenvalue weighted by Gasteiger charge is 2.38. The van der Waals surface area contributed by atoms with E-state index < -0.39 is 10.0 Å². The van der Waals surface area contributed by atoms with Gasteiger partial charge in [0.1, 0.15) is 0 Å². The van der Waals surface area contributed by atoms with Crippen LogP contribution in [0.3, 0.4) is 0 Å². The van der Waals surface area contributed by atoms with E-state index in [-0.39, 0.29) is 15.8 Å². The highest BCUT2D eigenvalue weighted by atomic mass is 32.2. The standard InChI is InChI=1S/C19H29N3O2S/c1-14-8-10-16(11-9-14)25(23,24)21-17-20-12-15(2)22(17)19(6,7)13-18(3,4)5/h8-11H,2,12-13H2,1,3-7H3,(H,20,21). The number of benzene rings is 1. The molecule has 1 aliphatic rings. The molecular weight excluding hydrogens is 334 g/mol. The maximum atomic E-state index is 12.7. The number of hydrogen-bond acceptors (Lipinski definition) is 4. The lowest BCUT2D eigenvalue weighted by Gasteiger charge is -2.42. The van der Waals surface area contributed by atoms with Gasteiger partial charge in [0.2, 0.25) is 5.96 Å². The van der Waals surface area contributed by atoms with Crippen LogP contribution in [0.15, 0.2) is 46.4 Å². The van der Waals surface area contributed by atoms with Crippen molar-refractivity contribution in [2.75, 3.05) is 6.54 Å². The Morgan fingerprint density at radius 1 is 1.16 bits per heavy atom. The minimum absolute atomic E-state index is 0.0906. The molecule has 0 unspecified atom stereocenters. The van der Waals surface area contributed by atoms with Gasteiger partial charge >= 0.3 is 0 Å². The van der Waals surface area contributed by atoms with Gasteiger partial charge in [-0.05, 0) is 44.7 Å². The van der Waals surface area contributed by atoms with Crippen molar-refractivity contribution in [2.45, 2.75) is 58.4 Å². The molecule has 1 aromatic rings. The van der Waals surface area contributed by atoms with E-state index >= 15 is 0 Å². The second kappa shape index (κ2) is 6.48. The van der Waals surface area contributed by atoms with Crippen molar-refractivity contribution in [3.05, 3.63) is 42.1 Å². The van der Waals surface area contributed by atoms with E-state index in [2.05, 4.69) is 50.9 Å². The van der Waals surface area contributed by atoms with Gasteiger partial charge in [0.25, 0.3) is 10.0 Å². The third-order valence-corrected chi connectivity index (χ3v) is 5.41. The van der Waals surface area contributed by atoms with Crippen LogP contribution in [-0.2, 0) is 10.0 Å². The first-order valence-corrected chi connectivity index (χ1v) is 9.92. The van der Waals surface area contributed by atoms with Gasteiger partial charge < -0.3 is 4.90 Å². The summed E-state index contributed by atoms with van der Waals surface area (Å²) in [6.45, 7) is 17.1. The predicted octanol–water partition coefficient (Wildman–Crippen LogP) is 3.67. The average molecular weight is 364 g/mol. The largest absolute Gasteiger partial charge is 0.309 e. The first kappa shape index (κ1) is 19.5. The second-order valence-electron chi connectivity index (χ2n) is 8.51. The number of hydrogen-bond donors (Lipinski definition) is 1. The van der Waals surface area contributed by atoms with E-state index in [0.29, 0.717) is 12.5 Å². The van der Waals surface area contributed by atoms with Gasteiger partial charge in [-0.1, -0.05) is 45.0 Å². The van der Waals surface area contributed by atoms with Crippen LogP contribution in [0.2, 0.25) is 0 Å². The number of sulfonamides is 1. The van der Waals surface area contributed by atoms with E-state index in [0.717, 1.165) is 17.7 Å². The van der Waals surface area contributed by atoms with Gasteiger partial charge in [-0.3, -0.25) is 0 Å². The van der Waals surface area contributed by atoms with Crippen LogP contribution in [-0.4, -0.2) is 31.4 Å². The van der Waals surface area contributed by atoms with Crippen LogP contribution in [0.1, 0.15) is 46.6 Å². The van der Waals surface area contributed by atoms with Crippen molar-refractivity contribution in [2.24, 2.45) is 10.4 Å². The smallest absolute Gasteiger partial charge is 0.264 e. The van der Waals surface area contributed by atoms with E-state index in [4.69, 9.17) is 0 Å². The fourth-order valence-corrected chi connectivity index (χ4v) is 4.53. The zero-order valence-corrected chi connectivity index (χ0v) is 16.9. The van der Waals surface area contributed by atoms with E-state index in [9.17, 15) is 8.42 Å². The van der Waals surface area contributed by atoms with Crippen molar-refractivity contribution in [3.8, 4) is 0 Å². The summed E-state index contributed by atoms with van der Waals surface area (Å²) in [7, 11) is -3.68. The van der Waals surface area contributed by atoms with Gasteiger partial charge in [0.15, 0.2) is 0 Å². The lowest BCUT2D eigenvalue weighted by atomic mass is 9.81. The summed E-state index contributed by atoms with van der Waals surface area (Å²) in [6.07, 6.45) is 0.865. The number of nitrogens with zero attached hydrogens (tertiary/aromatic N) is 2. The van der Waals surface area contributed by atoms with Gasteiger partial charge in [-0.15, -0.1) is 0 Å². The van der Waals surface area contributed by atoms with E-state index in [1.807, 2.05) is 11.8 Å². The molecule has 2 rings (SSSR count). The van der Waals surface area contributed by atoms with Crippen LogP contribution in [0, 0.1) is 12.3 Å². The predicted molar refractivity (Wildman–Crippen MR) is 103 cm³/mol. The van der Waals surface area contributed by atoms with Crippen molar-refractivity contribution < 1.29 is 8.42 Å². The molecule has 1 aromatic carbocycles. The Hall–Kier alpha value is -1.82. The number of nitrogens with one attached hydrogen (secondary N) is 1. The Kier molecular flexibility index (Phi) is 5.06. The van der Waals surface area contributed by atoms with Gasteiger partial charge in [-0.25, -0.2) is 18.1 Å². The van der Waals surface area contributed by atoms with Crippen LogP contribution < -0.4 is 4.72 Å². The summed E-state index contributed by atoms with van der Waals surface area (Å²) in [5.41, 5.74) is 1.60. The van der Waals surface area contributed by atoms with Crippen molar-refractivity contribution in [1.29, 1.82) is 0 Å². The van der Waals surface area contributed by atoms with Gasteiger partial charge in [-0.2, -0.15) is 0 Å². The van der Waals surface area contributed by atoms with Crippen molar-refractivity contribution in [3.63, 3.8) is 0 Å². The maximum absolute atomic E-state index is 12.7. The highest BCUT2D eigenvalue weighted by Crippen LogP contribution is 2.35. The zero-order valence-electron chi connectivity index (χ0n) is 16.0. The van der Waals surface area contributed by atoms with Crippen LogP contribution >= 0.6 is 0 Å². The highest BCUT2D eigenvalue weighted by molar-refractivity contribution is 7.90. The molecule has 138 valence electrons. The number of aryl methyl sites for hydroxylation is 1. The molecule has 25 heavy (non-hydrogen) atoms. The Morgan fingerprint density at radius 2 is 1.72 bits per heavy atom. The molecule has 0 aliphatic carbocycles. The fourth-order valence-electron chi connectivity index (χ4n) is 3.52. The average Bonchev–Trinajstić information content (AvgIpc) is 2.77. The third-order valence-electron chi connectivity index (χ3n) is 4.06. The van der Waals surface area contributed by atoms with Crippen LogP contribution in [0.25, 0.3) is 0 Å². The topological polar surface area (TPSA) is 61.8 Å². The quantitative estimate of drug-likeness (QED) is 0.888. The fraction of sp³-hybridized carbons (Fsp3) is 0.526. The third kappa shape index (κ3) is 4.63. The molecule has 0 spiro atoms.